The number of piperidine rings is 1. The highest BCUT2D eigenvalue weighted by molar-refractivity contribution is 5.68. The minimum absolute atomic E-state index is 0.0504. The molecule has 2 unspecified atom stereocenters. The number of alkyl halides is 2. The molecule has 2 fully saturated rings. The van der Waals surface area contributed by atoms with Crippen LogP contribution in [0.3, 0.4) is 0 Å². The lowest BCUT2D eigenvalue weighted by molar-refractivity contribution is 0.0872. The van der Waals surface area contributed by atoms with Gasteiger partial charge in [0.1, 0.15) is 6.61 Å². The van der Waals surface area contributed by atoms with Gasteiger partial charge >= 0.3 is 6.09 Å². The molecular weight excluding hydrogens is 276 g/mol. The lowest BCUT2D eigenvalue weighted by atomic mass is 10.1. The van der Waals surface area contributed by atoms with E-state index in [1.165, 1.54) is 0 Å². The Morgan fingerprint density at radius 3 is 2.62 bits per heavy atom. The molecule has 1 aliphatic carbocycles. The molecule has 0 bridgehead atoms. The molecule has 2 atom stereocenters. The van der Waals surface area contributed by atoms with Crippen LogP contribution in [0.5, 0.6) is 0 Å². The molecule has 5 heteroatoms. The first-order chi connectivity index (χ1) is 10.2. The number of nitrogens with zero attached hydrogens (tertiary/aromatic N) is 1. The van der Waals surface area contributed by atoms with Crippen molar-refractivity contribution >= 4 is 6.09 Å². The van der Waals surface area contributed by atoms with Crippen LogP contribution in [0.15, 0.2) is 30.3 Å². The normalized spacial score (nSPS) is 26.1. The molecule has 1 saturated carbocycles. The van der Waals surface area contributed by atoms with Crippen LogP contribution < -0.4 is 0 Å². The Kier molecular flexibility index (Phi) is 3.83. The van der Waals surface area contributed by atoms with E-state index >= 15 is 0 Å². The number of amides is 1. The number of fused-ring (bicyclic) bond motifs is 1. The van der Waals surface area contributed by atoms with E-state index in [2.05, 4.69) is 0 Å². The second kappa shape index (κ2) is 5.62. The zero-order valence-electron chi connectivity index (χ0n) is 11.8. The summed E-state index contributed by atoms with van der Waals surface area (Å²) < 4.78 is 31.4. The van der Waals surface area contributed by atoms with Crippen molar-refractivity contribution in [1.82, 2.24) is 4.90 Å². The lowest BCUT2D eigenvalue weighted by Gasteiger charge is -2.25. The van der Waals surface area contributed by atoms with Crippen LogP contribution >= 0.6 is 0 Å². The van der Waals surface area contributed by atoms with E-state index < -0.39 is 24.9 Å². The molecule has 0 spiro atoms. The van der Waals surface area contributed by atoms with Gasteiger partial charge in [-0.15, -0.1) is 0 Å². The van der Waals surface area contributed by atoms with Gasteiger partial charge in [0.05, 0.1) is 13.3 Å². The van der Waals surface area contributed by atoms with Crippen LogP contribution in [-0.4, -0.2) is 37.4 Å². The molecule has 1 saturated heterocycles. The highest BCUT2D eigenvalue weighted by atomic mass is 19.1. The summed E-state index contributed by atoms with van der Waals surface area (Å²) in [6.07, 6.45) is 0.273. The lowest BCUT2D eigenvalue weighted by Crippen LogP contribution is -2.37. The Labute approximate surface area is 122 Å². The van der Waals surface area contributed by atoms with Crippen molar-refractivity contribution in [3.05, 3.63) is 35.9 Å². The number of ether oxygens (including phenoxy) is 1. The van der Waals surface area contributed by atoms with E-state index in [1.54, 1.807) is 4.90 Å². The summed E-state index contributed by atoms with van der Waals surface area (Å²) in [7, 11) is 0. The number of benzene rings is 1. The van der Waals surface area contributed by atoms with E-state index in [-0.39, 0.29) is 18.4 Å². The minimum atomic E-state index is -0.825. The van der Waals surface area contributed by atoms with Crippen molar-refractivity contribution in [2.75, 3.05) is 26.4 Å². The largest absolute Gasteiger partial charge is 0.445 e. The summed E-state index contributed by atoms with van der Waals surface area (Å²) in [5.41, 5.74) is 0.100. The van der Waals surface area contributed by atoms with Crippen LogP contribution in [0.25, 0.3) is 0 Å². The van der Waals surface area contributed by atoms with Crippen molar-refractivity contribution in [2.24, 2.45) is 17.3 Å². The predicted octanol–water partition coefficient (Wildman–Crippen LogP) is 3.20. The van der Waals surface area contributed by atoms with Crippen LogP contribution in [0.1, 0.15) is 12.0 Å². The van der Waals surface area contributed by atoms with Gasteiger partial charge in [-0.3, -0.25) is 8.78 Å². The molecule has 1 aromatic carbocycles. The van der Waals surface area contributed by atoms with Crippen molar-refractivity contribution in [3.8, 4) is 0 Å². The van der Waals surface area contributed by atoms with E-state index in [4.69, 9.17) is 4.74 Å². The van der Waals surface area contributed by atoms with E-state index in [0.29, 0.717) is 19.5 Å². The molecule has 3 nitrogen and oxygen atoms in total. The molecule has 2 aliphatic rings. The molecular formula is C16H19F2NO2. The third-order valence-electron chi connectivity index (χ3n) is 4.94. The second-order valence-corrected chi connectivity index (χ2v) is 5.99. The molecule has 1 amide bonds. The maximum atomic E-state index is 13.1. The Morgan fingerprint density at radius 1 is 1.24 bits per heavy atom. The summed E-state index contributed by atoms with van der Waals surface area (Å²) in [5.74, 6) is 0.0381. The highest BCUT2D eigenvalue weighted by Crippen LogP contribution is 2.62. The summed E-state index contributed by atoms with van der Waals surface area (Å²) >= 11 is 0. The topological polar surface area (TPSA) is 29.5 Å². The molecule has 0 aromatic heterocycles. The number of carbonyl (C=O) groups excluding carboxylic acids is 1. The van der Waals surface area contributed by atoms with Gasteiger partial charge in [0.15, 0.2) is 0 Å². The van der Waals surface area contributed by atoms with Gasteiger partial charge in [0.2, 0.25) is 0 Å². The first-order valence-corrected chi connectivity index (χ1v) is 7.29. The Bertz CT molecular complexity index is 504. The summed E-state index contributed by atoms with van der Waals surface area (Å²) in [6.45, 7) is -0.109. The maximum Gasteiger partial charge on any atom is 0.410 e. The van der Waals surface area contributed by atoms with Gasteiger partial charge < -0.3 is 9.64 Å². The van der Waals surface area contributed by atoms with Crippen molar-refractivity contribution < 1.29 is 18.3 Å². The average Bonchev–Trinajstić information content (AvgIpc) is 3.20. The van der Waals surface area contributed by atoms with Crippen LogP contribution in [-0.2, 0) is 11.3 Å². The Balaban J connectivity index is 1.53. The Hall–Kier alpha value is -1.65. The molecule has 114 valence electrons. The molecule has 21 heavy (non-hydrogen) atoms. The highest BCUT2D eigenvalue weighted by Gasteiger charge is 2.66. The van der Waals surface area contributed by atoms with Gasteiger partial charge in [-0.2, -0.15) is 0 Å². The number of rotatable bonds is 4. The molecule has 1 aromatic rings. The van der Waals surface area contributed by atoms with Gasteiger partial charge in [-0.25, -0.2) is 4.79 Å². The zero-order valence-corrected chi connectivity index (χ0v) is 11.8. The fraction of sp³-hybridized carbons (Fsp3) is 0.562. The number of likely N-dealkylation sites (tertiary alicyclic amines) is 1. The van der Waals surface area contributed by atoms with Crippen molar-refractivity contribution in [3.63, 3.8) is 0 Å². The number of carbonyl (C=O) groups is 1. The smallest absolute Gasteiger partial charge is 0.410 e. The molecule has 1 aliphatic heterocycles. The number of halogens is 2. The van der Waals surface area contributed by atoms with Gasteiger partial charge in [0, 0.05) is 18.5 Å². The minimum Gasteiger partial charge on any atom is -0.445 e. The summed E-state index contributed by atoms with van der Waals surface area (Å²) in [5, 5.41) is 0. The van der Waals surface area contributed by atoms with Gasteiger partial charge in [-0.1, -0.05) is 30.3 Å². The SMILES string of the molecule is O=C(OCc1ccccc1)N1CCC2C(C1)C2(CF)CF. The summed E-state index contributed by atoms with van der Waals surface area (Å²) in [4.78, 5) is 13.6. The van der Waals surface area contributed by atoms with Crippen molar-refractivity contribution in [1.29, 1.82) is 0 Å². The standard InChI is InChI=1S/C16H19F2NO2/c17-10-16(11-18)13-6-7-19(8-14(13)16)15(20)21-9-12-4-2-1-3-5-12/h1-5,13-14H,6-11H2. The third kappa shape index (κ3) is 2.49. The van der Waals surface area contributed by atoms with E-state index in [9.17, 15) is 13.6 Å². The van der Waals surface area contributed by atoms with Crippen molar-refractivity contribution in [2.45, 2.75) is 13.0 Å². The van der Waals surface area contributed by atoms with Crippen LogP contribution in [0, 0.1) is 17.3 Å². The fourth-order valence-corrected chi connectivity index (χ4v) is 3.50. The molecule has 0 N–H and O–H groups in total. The molecule has 1 heterocycles. The first kappa shape index (κ1) is 14.3. The Morgan fingerprint density at radius 2 is 1.95 bits per heavy atom. The summed E-state index contributed by atoms with van der Waals surface area (Å²) in [6, 6.07) is 9.44. The predicted molar refractivity (Wildman–Crippen MR) is 74.2 cm³/mol. The zero-order chi connectivity index (χ0) is 14.9. The quantitative estimate of drug-likeness (QED) is 0.853. The van der Waals surface area contributed by atoms with Crippen LogP contribution in [0.4, 0.5) is 13.6 Å². The first-order valence-electron chi connectivity index (χ1n) is 7.29. The molecule has 0 radical (unpaired) electrons. The molecule has 3 rings (SSSR count). The van der Waals surface area contributed by atoms with Gasteiger partial charge in [-0.05, 0) is 23.8 Å². The second-order valence-electron chi connectivity index (χ2n) is 5.99. The average molecular weight is 295 g/mol. The maximum absolute atomic E-state index is 13.1. The monoisotopic (exact) mass is 295 g/mol. The van der Waals surface area contributed by atoms with Crippen LogP contribution in [0.2, 0.25) is 0 Å². The fourth-order valence-electron chi connectivity index (χ4n) is 3.50. The third-order valence-corrected chi connectivity index (χ3v) is 4.94. The number of hydrogen-bond donors (Lipinski definition) is 0. The number of hydrogen-bond acceptors (Lipinski definition) is 2. The van der Waals surface area contributed by atoms with E-state index in [1.807, 2.05) is 30.3 Å². The van der Waals surface area contributed by atoms with E-state index in [0.717, 1.165) is 5.56 Å². The van der Waals surface area contributed by atoms with Gasteiger partial charge in [0.25, 0.3) is 0 Å².